The Morgan fingerprint density at radius 1 is 1.48 bits per heavy atom. The Hall–Kier alpha value is -2.15. The maximum absolute atomic E-state index is 12.0. The van der Waals surface area contributed by atoms with Crippen molar-refractivity contribution in [3.05, 3.63) is 40.5 Å². The number of anilines is 1. The number of rotatable bonds is 5. The van der Waals surface area contributed by atoms with Crippen LogP contribution in [0.1, 0.15) is 24.0 Å². The molecule has 0 saturated carbocycles. The number of hydrogen-bond donors (Lipinski definition) is 2. The second-order valence-electron chi connectivity index (χ2n) is 5.53. The number of thiazole rings is 1. The Morgan fingerprint density at radius 2 is 2.39 bits per heavy atom. The maximum atomic E-state index is 12.0. The molecular weight excluding hydrogens is 310 g/mol. The van der Waals surface area contributed by atoms with Crippen molar-refractivity contribution in [3.63, 3.8) is 0 Å². The predicted molar refractivity (Wildman–Crippen MR) is 91.7 cm³/mol. The number of nitrogens with zero attached hydrogens (tertiary/aromatic N) is 3. The molecule has 2 aromatic rings. The monoisotopic (exact) mass is 331 g/mol. The van der Waals surface area contributed by atoms with Gasteiger partial charge in [-0.2, -0.15) is 0 Å². The summed E-state index contributed by atoms with van der Waals surface area (Å²) in [4.78, 5) is 23.0. The molecule has 1 aliphatic heterocycles. The van der Waals surface area contributed by atoms with E-state index in [0.717, 1.165) is 42.5 Å². The van der Waals surface area contributed by atoms with Gasteiger partial charge in [-0.1, -0.05) is 13.0 Å². The first kappa shape index (κ1) is 15.7. The highest BCUT2D eigenvalue weighted by atomic mass is 32.1. The van der Waals surface area contributed by atoms with Crippen LogP contribution >= 0.6 is 11.3 Å². The Kier molecular flexibility index (Phi) is 5.07. The van der Waals surface area contributed by atoms with Crippen LogP contribution in [0.4, 0.5) is 10.6 Å². The van der Waals surface area contributed by atoms with Crippen molar-refractivity contribution in [2.75, 3.05) is 18.0 Å². The fourth-order valence-electron chi connectivity index (χ4n) is 2.63. The minimum absolute atomic E-state index is 0.135. The van der Waals surface area contributed by atoms with Crippen molar-refractivity contribution in [1.82, 2.24) is 20.6 Å². The van der Waals surface area contributed by atoms with E-state index >= 15 is 0 Å². The van der Waals surface area contributed by atoms with Crippen molar-refractivity contribution >= 4 is 23.2 Å². The average Bonchev–Trinajstić information content (AvgIpc) is 3.23. The number of aromatic nitrogens is 2. The van der Waals surface area contributed by atoms with E-state index < -0.39 is 0 Å². The highest BCUT2D eigenvalue weighted by Crippen LogP contribution is 2.17. The van der Waals surface area contributed by atoms with Gasteiger partial charge in [0.1, 0.15) is 5.82 Å². The zero-order valence-corrected chi connectivity index (χ0v) is 14.0. The molecule has 2 amide bonds. The molecule has 122 valence electrons. The molecule has 23 heavy (non-hydrogen) atoms. The Labute approximate surface area is 140 Å². The number of urea groups is 1. The topological polar surface area (TPSA) is 70.2 Å². The van der Waals surface area contributed by atoms with Crippen LogP contribution in [-0.4, -0.2) is 35.1 Å². The van der Waals surface area contributed by atoms with E-state index in [1.54, 1.807) is 17.5 Å². The molecule has 2 N–H and O–H groups in total. The summed E-state index contributed by atoms with van der Waals surface area (Å²) in [7, 11) is 0. The van der Waals surface area contributed by atoms with E-state index in [9.17, 15) is 4.79 Å². The Balaban J connectivity index is 1.44. The first-order valence-electron chi connectivity index (χ1n) is 7.88. The van der Waals surface area contributed by atoms with Gasteiger partial charge in [-0.3, -0.25) is 0 Å². The van der Waals surface area contributed by atoms with Crippen molar-refractivity contribution < 1.29 is 4.79 Å². The summed E-state index contributed by atoms with van der Waals surface area (Å²) in [5.74, 6) is 0.965. The summed E-state index contributed by atoms with van der Waals surface area (Å²) >= 11 is 1.64. The largest absolute Gasteiger partial charge is 0.354 e. The van der Waals surface area contributed by atoms with Gasteiger partial charge in [0.25, 0.3) is 0 Å². The molecule has 0 aliphatic carbocycles. The van der Waals surface area contributed by atoms with Crippen LogP contribution in [0.15, 0.2) is 29.8 Å². The molecule has 0 radical (unpaired) electrons. The van der Waals surface area contributed by atoms with Gasteiger partial charge in [-0.25, -0.2) is 14.8 Å². The number of aryl methyl sites for hydroxylation is 1. The van der Waals surface area contributed by atoms with Crippen LogP contribution in [0.25, 0.3) is 0 Å². The van der Waals surface area contributed by atoms with Crippen LogP contribution in [0.3, 0.4) is 0 Å². The van der Waals surface area contributed by atoms with Crippen molar-refractivity contribution in [3.8, 4) is 0 Å². The molecule has 1 atom stereocenters. The lowest BCUT2D eigenvalue weighted by Crippen LogP contribution is -2.43. The predicted octanol–water partition coefficient (Wildman–Crippen LogP) is 2.18. The Morgan fingerprint density at radius 3 is 3.13 bits per heavy atom. The molecule has 0 spiro atoms. The molecule has 3 rings (SSSR count). The van der Waals surface area contributed by atoms with Gasteiger partial charge in [0.2, 0.25) is 0 Å². The van der Waals surface area contributed by atoms with Gasteiger partial charge in [-0.15, -0.1) is 11.3 Å². The van der Waals surface area contributed by atoms with E-state index in [1.165, 1.54) is 0 Å². The highest BCUT2D eigenvalue weighted by molar-refractivity contribution is 7.09. The highest BCUT2D eigenvalue weighted by Gasteiger charge is 2.24. The molecule has 0 unspecified atom stereocenters. The van der Waals surface area contributed by atoms with Crippen LogP contribution in [0.5, 0.6) is 0 Å². The van der Waals surface area contributed by atoms with Crippen molar-refractivity contribution in [2.45, 2.75) is 32.4 Å². The standard InChI is InChI=1S/C16H21N5OS/c1-2-15-19-13(11-23-15)9-18-16(22)20-12-6-8-21(10-12)14-5-3-4-7-17-14/h3-5,7,11-12H,2,6,8-10H2,1H3,(H2,18,20,22)/t12-/m1/s1. The molecule has 1 aliphatic rings. The first-order valence-corrected chi connectivity index (χ1v) is 8.76. The van der Waals surface area contributed by atoms with Crippen LogP contribution < -0.4 is 15.5 Å². The summed E-state index contributed by atoms with van der Waals surface area (Å²) in [6.45, 7) is 4.25. The minimum atomic E-state index is -0.135. The molecule has 3 heterocycles. The second kappa shape index (κ2) is 7.41. The van der Waals surface area contributed by atoms with Gasteiger partial charge >= 0.3 is 6.03 Å². The van der Waals surface area contributed by atoms with Gasteiger partial charge in [-0.05, 0) is 25.0 Å². The fraction of sp³-hybridized carbons (Fsp3) is 0.438. The smallest absolute Gasteiger partial charge is 0.315 e. The number of hydrogen-bond acceptors (Lipinski definition) is 5. The molecular formula is C16H21N5OS. The van der Waals surface area contributed by atoms with Gasteiger partial charge in [0.05, 0.1) is 17.2 Å². The normalized spacial score (nSPS) is 17.3. The van der Waals surface area contributed by atoms with Crippen LogP contribution in [0, 0.1) is 0 Å². The summed E-state index contributed by atoms with van der Waals surface area (Å²) in [6.07, 6.45) is 3.66. The summed E-state index contributed by atoms with van der Waals surface area (Å²) < 4.78 is 0. The lowest BCUT2D eigenvalue weighted by atomic mass is 10.3. The van der Waals surface area contributed by atoms with Crippen molar-refractivity contribution in [2.24, 2.45) is 0 Å². The molecule has 6 nitrogen and oxygen atoms in total. The number of amides is 2. The summed E-state index contributed by atoms with van der Waals surface area (Å²) in [5.41, 5.74) is 0.920. The molecule has 0 aromatic carbocycles. The lowest BCUT2D eigenvalue weighted by Gasteiger charge is -2.17. The van der Waals surface area contributed by atoms with Crippen LogP contribution in [-0.2, 0) is 13.0 Å². The molecule has 7 heteroatoms. The van der Waals surface area contributed by atoms with E-state index in [4.69, 9.17) is 0 Å². The molecule has 0 bridgehead atoms. The van der Waals surface area contributed by atoms with E-state index in [2.05, 4.69) is 32.4 Å². The lowest BCUT2D eigenvalue weighted by molar-refractivity contribution is 0.237. The SMILES string of the molecule is CCc1nc(CNC(=O)N[C@@H]2CCN(c3ccccn3)C2)cs1. The van der Waals surface area contributed by atoms with Gasteiger partial charge in [0.15, 0.2) is 0 Å². The fourth-order valence-corrected chi connectivity index (χ4v) is 3.37. The third-order valence-electron chi connectivity index (χ3n) is 3.83. The maximum Gasteiger partial charge on any atom is 0.315 e. The number of carbonyl (C=O) groups is 1. The number of carbonyl (C=O) groups excluding carboxylic acids is 1. The minimum Gasteiger partial charge on any atom is -0.354 e. The summed E-state index contributed by atoms with van der Waals surface area (Å²) in [6, 6.07) is 5.90. The van der Waals surface area contributed by atoms with Crippen LogP contribution in [0.2, 0.25) is 0 Å². The van der Waals surface area contributed by atoms with E-state index in [-0.39, 0.29) is 12.1 Å². The zero-order valence-electron chi connectivity index (χ0n) is 13.2. The van der Waals surface area contributed by atoms with E-state index in [1.807, 2.05) is 23.6 Å². The number of nitrogens with one attached hydrogen (secondary N) is 2. The first-order chi connectivity index (χ1) is 11.2. The quantitative estimate of drug-likeness (QED) is 0.881. The molecule has 1 fully saturated rings. The van der Waals surface area contributed by atoms with E-state index in [0.29, 0.717) is 6.54 Å². The van der Waals surface area contributed by atoms with Gasteiger partial charge < -0.3 is 15.5 Å². The van der Waals surface area contributed by atoms with Gasteiger partial charge in [0, 0.05) is 30.7 Å². The average molecular weight is 331 g/mol. The third kappa shape index (κ3) is 4.19. The summed E-state index contributed by atoms with van der Waals surface area (Å²) in [5, 5.41) is 9.00. The zero-order chi connectivity index (χ0) is 16.1. The van der Waals surface area contributed by atoms with Crippen molar-refractivity contribution in [1.29, 1.82) is 0 Å². The second-order valence-corrected chi connectivity index (χ2v) is 6.48. The molecule has 2 aromatic heterocycles. The Bertz CT molecular complexity index is 645. The number of pyridine rings is 1. The third-order valence-corrected chi connectivity index (χ3v) is 4.87. The molecule has 1 saturated heterocycles.